The van der Waals surface area contributed by atoms with Crippen LogP contribution < -0.4 is 30.5 Å². The van der Waals surface area contributed by atoms with Gasteiger partial charge in [0.25, 0.3) is 0 Å². The molecule has 2 heterocycles. The van der Waals surface area contributed by atoms with Crippen LogP contribution in [0.2, 0.25) is 0 Å². The number of ether oxygens (including phenoxy) is 8. The molecule has 1 saturated heterocycles. The third kappa shape index (κ3) is 15.8. The van der Waals surface area contributed by atoms with Crippen molar-refractivity contribution >= 4 is 37.8 Å². The number of nitrogens with zero attached hydrogens (tertiary/aromatic N) is 2. The number of aromatic nitrogens is 2. The number of anilines is 1. The fourth-order valence-corrected chi connectivity index (χ4v) is 9.36. The SMILES string of the molecule is C=CCOC(=O)Nc1ccn([C@H]2C[C@H](OC(c3ccccc3)(c3ccc(OC)cc3)c3ccc(OC)cc3)[C@@H](COP(=O)(OCC=C)OCC(NC(=O)OCc3ccc(OC(=O)Cc4ccccc4)cc3)C(=O)OC)O2)c(=O)n1. The minimum atomic E-state index is -4.74. The number of carbonyl (C=O) groups is 4. The van der Waals surface area contributed by atoms with Gasteiger partial charge in [-0.25, -0.2) is 23.7 Å². The molecule has 2 amide bonds. The van der Waals surface area contributed by atoms with E-state index < -0.39 is 80.9 Å². The van der Waals surface area contributed by atoms with Crippen molar-refractivity contribution in [3.8, 4) is 17.2 Å². The zero-order chi connectivity index (χ0) is 56.2. The fraction of sp³-hybridized carbons (Fsp3) is 0.263. The third-order valence-electron chi connectivity index (χ3n) is 12.0. The Morgan fingerprint density at radius 1 is 0.734 bits per heavy atom. The van der Waals surface area contributed by atoms with Gasteiger partial charge in [0, 0.05) is 12.6 Å². The van der Waals surface area contributed by atoms with E-state index in [0.717, 1.165) is 12.7 Å². The van der Waals surface area contributed by atoms with Crippen molar-refractivity contribution in [1.82, 2.24) is 14.9 Å². The molecule has 2 N–H and O–H groups in total. The van der Waals surface area contributed by atoms with Gasteiger partial charge in [-0.2, -0.15) is 4.98 Å². The van der Waals surface area contributed by atoms with Crippen LogP contribution in [0.15, 0.2) is 176 Å². The first kappa shape index (κ1) is 58.3. The number of carbonyl (C=O) groups excluding carboxylic acids is 4. The molecule has 7 rings (SSSR count). The van der Waals surface area contributed by atoms with E-state index in [2.05, 4.69) is 28.8 Å². The number of esters is 2. The van der Waals surface area contributed by atoms with Crippen molar-refractivity contribution in [2.45, 2.75) is 49.5 Å². The lowest BCUT2D eigenvalue weighted by Gasteiger charge is -2.39. The highest BCUT2D eigenvalue weighted by Gasteiger charge is 2.47. The van der Waals surface area contributed by atoms with Gasteiger partial charge in [-0.3, -0.25) is 28.2 Å². The van der Waals surface area contributed by atoms with E-state index in [0.29, 0.717) is 33.8 Å². The molecule has 1 aliphatic heterocycles. The number of amides is 2. The molecule has 0 spiro atoms. The van der Waals surface area contributed by atoms with E-state index in [-0.39, 0.29) is 44.2 Å². The Morgan fingerprint density at radius 3 is 1.94 bits per heavy atom. The molecule has 0 aliphatic carbocycles. The highest BCUT2D eigenvalue weighted by molar-refractivity contribution is 7.48. The van der Waals surface area contributed by atoms with Gasteiger partial charge in [-0.05, 0) is 70.3 Å². The number of nitrogens with one attached hydrogen (secondary N) is 2. The summed E-state index contributed by atoms with van der Waals surface area (Å²) < 4.78 is 78.9. The van der Waals surface area contributed by atoms with Crippen molar-refractivity contribution in [3.05, 3.63) is 209 Å². The van der Waals surface area contributed by atoms with Crippen LogP contribution in [0, 0.1) is 0 Å². The van der Waals surface area contributed by atoms with Gasteiger partial charge >= 0.3 is 37.6 Å². The zero-order valence-electron chi connectivity index (χ0n) is 43.5. The predicted octanol–water partition coefficient (Wildman–Crippen LogP) is 8.62. The normalized spacial score (nSPS) is 16.0. The minimum Gasteiger partial charge on any atom is -0.497 e. The molecular formula is C57H59N4O17P. The van der Waals surface area contributed by atoms with E-state index in [9.17, 15) is 28.5 Å². The number of hydrogen-bond donors (Lipinski definition) is 2. The number of alkyl carbamates (subject to hydrolysis) is 1. The standard InChI is InChI=1S/C57H59N4O17P/c1-6-32-71-56(66)60-50-30-31-61(54(64)59-50)51-35-48(78-57(41-16-12-9-13-17-41,42-20-26-44(68-3)27-21-42)43-22-28-45(69-4)29-23-43)49(77-51)38-75-79(67,73-33-7-2)74-37-47(53(63)70-5)58-55(65)72-36-40-18-24-46(25-19-40)76-52(62)34-39-14-10-8-11-15-39/h6-31,47-49,51H,1-2,32-38H2,3-5H3,(H,58,65)(H,59,60,64,66)/t47?,48-,49+,51+,79?/m0/s1. The quantitative estimate of drug-likeness (QED) is 0.0122. The molecule has 1 aliphatic rings. The highest BCUT2D eigenvalue weighted by Crippen LogP contribution is 2.51. The van der Waals surface area contributed by atoms with Crippen molar-refractivity contribution in [1.29, 1.82) is 0 Å². The summed E-state index contributed by atoms with van der Waals surface area (Å²) in [5.74, 6) is -0.111. The van der Waals surface area contributed by atoms with E-state index >= 15 is 0 Å². The molecule has 6 aromatic rings. The summed E-state index contributed by atoms with van der Waals surface area (Å²) in [6, 6.07) is 39.1. The van der Waals surface area contributed by atoms with E-state index in [1.165, 1.54) is 41.1 Å². The molecule has 0 radical (unpaired) electrons. The summed E-state index contributed by atoms with van der Waals surface area (Å²) in [6.07, 6.45) is -1.15. The highest BCUT2D eigenvalue weighted by atomic mass is 31.2. The van der Waals surface area contributed by atoms with Crippen LogP contribution in [0.25, 0.3) is 0 Å². The monoisotopic (exact) mass is 1100 g/mol. The second-order valence-electron chi connectivity index (χ2n) is 17.2. The maximum atomic E-state index is 14.6. The van der Waals surface area contributed by atoms with Gasteiger partial charge in [0.2, 0.25) is 0 Å². The van der Waals surface area contributed by atoms with Gasteiger partial charge in [0.1, 0.15) is 54.2 Å². The Balaban J connectivity index is 1.12. The molecule has 2 unspecified atom stereocenters. The predicted molar refractivity (Wildman–Crippen MR) is 286 cm³/mol. The lowest BCUT2D eigenvalue weighted by Crippen LogP contribution is -2.44. The first-order valence-corrected chi connectivity index (χ1v) is 26.1. The topological polar surface area (TPSA) is 246 Å². The van der Waals surface area contributed by atoms with Crippen LogP contribution in [-0.2, 0) is 70.0 Å². The molecule has 5 atom stereocenters. The van der Waals surface area contributed by atoms with Crippen LogP contribution in [0.4, 0.5) is 15.4 Å². The fourth-order valence-electron chi connectivity index (χ4n) is 8.19. The van der Waals surface area contributed by atoms with Gasteiger partial charge in [-0.15, -0.1) is 6.58 Å². The van der Waals surface area contributed by atoms with Crippen molar-refractivity contribution in [2.75, 3.05) is 53.1 Å². The summed E-state index contributed by atoms with van der Waals surface area (Å²) in [7, 11) is -0.567. The number of benzene rings is 5. The van der Waals surface area contributed by atoms with Crippen molar-refractivity contribution in [3.63, 3.8) is 0 Å². The van der Waals surface area contributed by atoms with E-state index in [1.54, 1.807) is 50.6 Å². The lowest BCUT2D eigenvalue weighted by atomic mass is 9.79. The minimum absolute atomic E-state index is 0.0356. The summed E-state index contributed by atoms with van der Waals surface area (Å²) in [4.78, 5) is 68.7. The van der Waals surface area contributed by atoms with E-state index in [1.807, 2.05) is 84.9 Å². The van der Waals surface area contributed by atoms with Crippen LogP contribution in [0.5, 0.6) is 17.2 Å². The smallest absolute Gasteiger partial charge is 0.475 e. The molecule has 21 nitrogen and oxygen atoms in total. The van der Waals surface area contributed by atoms with Gasteiger partial charge in [0.05, 0.1) is 53.7 Å². The Bertz CT molecular complexity index is 3060. The summed E-state index contributed by atoms with van der Waals surface area (Å²) in [6.45, 7) is 5.08. The third-order valence-corrected chi connectivity index (χ3v) is 13.4. The first-order valence-electron chi connectivity index (χ1n) is 24.6. The van der Waals surface area contributed by atoms with Crippen LogP contribution in [0.3, 0.4) is 0 Å². The summed E-state index contributed by atoms with van der Waals surface area (Å²) >= 11 is 0. The van der Waals surface area contributed by atoms with Crippen LogP contribution in [0.1, 0.15) is 40.5 Å². The summed E-state index contributed by atoms with van der Waals surface area (Å²) in [5, 5.41) is 4.76. The number of methoxy groups -OCH3 is 3. The molecule has 414 valence electrons. The Kier molecular flexibility index (Phi) is 20.8. The second kappa shape index (κ2) is 28.3. The molecule has 79 heavy (non-hydrogen) atoms. The average molecular weight is 1100 g/mol. The van der Waals surface area contributed by atoms with E-state index in [4.69, 9.17) is 51.5 Å². The van der Waals surface area contributed by atoms with Gasteiger partial charge < -0.3 is 43.2 Å². The lowest BCUT2D eigenvalue weighted by molar-refractivity contribution is -0.144. The first-order chi connectivity index (χ1) is 38.3. The molecule has 1 fully saturated rings. The molecular weight excluding hydrogens is 1040 g/mol. The Hall–Kier alpha value is -8.43. The second-order valence-corrected chi connectivity index (χ2v) is 18.9. The number of phosphoric acid groups is 1. The number of hydrogen-bond acceptors (Lipinski definition) is 18. The van der Waals surface area contributed by atoms with Crippen molar-refractivity contribution in [2.24, 2.45) is 0 Å². The number of phosphoric ester groups is 1. The van der Waals surface area contributed by atoms with Gasteiger partial charge in [-0.1, -0.05) is 116 Å². The molecule has 22 heteroatoms. The van der Waals surface area contributed by atoms with Gasteiger partial charge in [0.15, 0.2) is 6.04 Å². The van der Waals surface area contributed by atoms with Crippen LogP contribution >= 0.6 is 7.82 Å². The van der Waals surface area contributed by atoms with Crippen LogP contribution in [-0.4, -0.2) is 99.7 Å². The van der Waals surface area contributed by atoms with Crippen molar-refractivity contribution < 1.29 is 75.2 Å². The average Bonchev–Trinajstić information content (AvgIpc) is 4.10. The number of rotatable bonds is 27. The summed E-state index contributed by atoms with van der Waals surface area (Å²) in [5.41, 5.74) is 1.06. The molecule has 0 saturated carbocycles. The zero-order valence-corrected chi connectivity index (χ0v) is 44.4. The Morgan fingerprint density at radius 2 is 1.34 bits per heavy atom. The Labute approximate surface area is 455 Å². The molecule has 5 aromatic carbocycles. The molecule has 1 aromatic heterocycles. The maximum Gasteiger partial charge on any atom is 0.475 e. The molecule has 0 bridgehead atoms. The maximum absolute atomic E-state index is 14.6. The largest absolute Gasteiger partial charge is 0.497 e.